The number of nitrogens with zero attached hydrogens (tertiary/aromatic N) is 1. The Morgan fingerprint density at radius 1 is 1.47 bits per heavy atom. The molecule has 1 heterocycles. The maximum absolute atomic E-state index is 11.1. The molecule has 2 atom stereocenters. The van der Waals surface area contributed by atoms with Crippen LogP contribution in [-0.4, -0.2) is 47.7 Å². The molecule has 1 aliphatic heterocycles. The molecule has 0 spiro atoms. The molecule has 15 heavy (non-hydrogen) atoms. The second kappa shape index (κ2) is 4.49. The predicted octanol–water partition coefficient (Wildman–Crippen LogP) is 0.533. The maximum atomic E-state index is 11.1. The molecule has 0 amide bonds. The minimum absolute atomic E-state index is 0.141. The molecule has 2 unspecified atom stereocenters. The van der Waals surface area contributed by atoms with Crippen molar-refractivity contribution in [2.75, 3.05) is 19.6 Å². The summed E-state index contributed by atoms with van der Waals surface area (Å²) in [6, 6.07) is 0.891. The standard InChI is InChI=1S/C11H20N2O2/c1-2-12-10-7-13(8-3-4-8)6-5-9(10)11(14)15/h8-10,12H,2-7H2,1H3,(H,14,15). The summed E-state index contributed by atoms with van der Waals surface area (Å²) in [5.74, 6) is -0.837. The van der Waals surface area contributed by atoms with Gasteiger partial charge >= 0.3 is 5.97 Å². The number of hydrogen-bond donors (Lipinski definition) is 2. The van der Waals surface area contributed by atoms with Gasteiger partial charge in [0.25, 0.3) is 0 Å². The summed E-state index contributed by atoms with van der Waals surface area (Å²) < 4.78 is 0. The highest BCUT2D eigenvalue weighted by atomic mass is 16.4. The summed E-state index contributed by atoms with van der Waals surface area (Å²) >= 11 is 0. The molecule has 4 nitrogen and oxygen atoms in total. The molecule has 2 N–H and O–H groups in total. The third kappa shape index (κ3) is 2.49. The van der Waals surface area contributed by atoms with Gasteiger partial charge in [0.2, 0.25) is 0 Å². The fraction of sp³-hybridized carbons (Fsp3) is 0.909. The van der Waals surface area contributed by atoms with Crippen LogP contribution in [-0.2, 0) is 4.79 Å². The highest BCUT2D eigenvalue weighted by Crippen LogP contribution is 2.31. The van der Waals surface area contributed by atoms with Gasteiger partial charge in [-0.05, 0) is 32.4 Å². The fourth-order valence-electron chi connectivity index (χ4n) is 2.51. The normalized spacial score (nSPS) is 32.9. The van der Waals surface area contributed by atoms with Crippen molar-refractivity contribution in [1.82, 2.24) is 10.2 Å². The zero-order chi connectivity index (χ0) is 10.8. The van der Waals surface area contributed by atoms with Crippen molar-refractivity contribution in [3.05, 3.63) is 0 Å². The van der Waals surface area contributed by atoms with Crippen molar-refractivity contribution >= 4 is 5.97 Å². The van der Waals surface area contributed by atoms with Gasteiger partial charge in [0.1, 0.15) is 0 Å². The van der Waals surface area contributed by atoms with Crippen LogP contribution in [0.4, 0.5) is 0 Å². The molecule has 2 rings (SSSR count). The van der Waals surface area contributed by atoms with Gasteiger partial charge < -0.3 is 10.4 Å². The van der Waals surface area contributed by atoms with E-state index in [4.69, 9.17) is 5.11 Å². The highest BCUT2D eigenvalue weighted by Gasteiger charge is 2.38. The summed E-state index contributed by atoms with van der Waals surface area (Å²) in [6.07, 6.45) is 3.40. The number of piperidine rings is 1. The van der Waals surface area contributed by atoms with Crippen molar-refractivity contribution in [1.29, 1.82) is 0 Å². The number of rotatable bonds is 4. The van der Waals surface area contributed by atoms with Gasteiger partial charge in [0.05, 0.1) is 5.92 Å². The molecule has 1 aliphatic carbocycles. The molecular formula is C11H20N2O2. The van der Waals surface area contributed by atoms with Crippen molar-refractivity contribution in [3.8, 4) is 0 Å². The number of hydrogen-bond acceptors (Lipinski definition) is 3. The number of likely N-dealkylation sites (tertiary alicyclic amines) is 1. The van der Waals surface area contributed by atoms with E-state index < -0.39 is 5.97 Å². The topological polar surface area (TPSA) is 52.6 Å². The number of carbonyl (C=O) groups is 1. The van der Waals surface area contributed by atoms with Gasteiger partial charge in [-0.3, -0.25) is 9.69 Å². The van der Waals surface area contributed by atoms with Gasteiger partial charge in [-0.2, -0.15) is 0 Å². The van der Waals surface area contributed by atoms with E-state index in [1.54, 1.807) is 0 Å². The average molecular weight is 212 g/mol. The van der Waals surface area contributed by atoms with Crippen LogP contribution in [0.1, 0.15) is 26.2 Å². The summed E-state index contributed by atoms with van der Waals surface area (Å²) in [5.41, 5.74) is 0. The number of likely N-dealkylation sites (N-methyl/N-ethyl adjacent to an activating group) is 1. The molecule has 0 bridgehead atoms. The lowest BCUT2D eigenvalue weighted by atomic mass is 9.91. The van der Waals surface area contributed by atoms with E-state index in [2.05, 4.69) is 10.2 Å². The molecular weight excluding hydrogens is 192 g/mol. The van der Waals surface area contributed by atoms with Crippen LogP contribution in [0.2, 0.25) is 0 Å². The molecule has 0 radical (unpaired) electrons. The summed E-state index contributed by atoms with van der Waals surface area (Å²) in [7, 11) is 0. The van der Waals surface area contributed by atoms with Crippen molar-refractivity contribution in [3.63, 3.8) is 0 Å². The Labute approximate surface area is 90.6 Å². The van der Waals surface area contributed by atoms with Gasteiger partial charge in [0, 0.05) is 18.6 Å². The quantitative estimate of drug-likeness (QED) is 0.714. The Balaban J connectivity index is 1.94. The number of nitrogens with one attached hydrogen (secondary N) is 1. The molecule has 1 saturated heterocycles. The lowest BCUT2D eigenvalue weighted by Crippen LogP contribution is -2.53. The molecule has 0 aromatic heterocycles. The Bertz CT molecular complexity index is 241. The predicted molar refractivity (Wildman–Crippen MR) is 57.8 cm³/mol. The number of aliphatic carboxylic acids is 1. The smallest absolute Gasteiger partial charge is 0.308 e. The Morgan fingerprint density at radius 2 is 2.20 bits per heavy atom. The largest absolute Gasteiger partial charge is 0.481 e. The van der Waals surface area contributed by atoms with E-state index in [1.807, 2.05) is 6.92 Å². The lowest BCUT2D eigenvalue weighted by Gasteiger charge is -2.37. The van der Waals surface area contributed by atoms with E-state index in [0.29, 0.717) is 0 Å². The van der Waals surface area contributed by atoms with E-state index in [-0.39, 0.29) is 12.0 Å². The second-order valence-corrected chi connectivity index (χ2v) is 4.62. The second-order valence-electron chi connectivity index (χ2n) is 4.62. The van der Waals surface area contributed by atoms with Gasteiger partial charge in [0.15, 0.2) is 0 Å². The summed E-state index contributed by atoms with van der Waals surface area (Å²) in [4.78, 5) is 13.5. The third-order valence-electron chi connectivity index (χ3n) is 3.49. The van der Waals surface area contributed by atoms with Crippen LogP contribution in [0.3, 0.4) is 0 Å². The third-order valence-corrected chi connectivity index (χ3v) is 3.49. The zero-order valence-electron chi connectivity index (χ0n) is 9.28. The van der Waals surface area contributed by atoms with Crippen molar-refractivity contribution in [2.24, 2.45) is 5.92 Å². The Morgan fingerprint density at radius 3 is 2.73 bits per heavy atom. The molecule has 2 aliphatic rings. The molecule has 0 aromatic carbocycles. The van der Waals surface area contributed by atoms with E-state index in [1.165, 1.54) is 12.8 Å². The number of carboxylic acid groups (broad SMARTS) is 1. The SMILES string of the molecule is CCNC1CN(C2CC2)CCC1C(=O)O. The van der Waals surface area contributed by atoms with Gasteiger partial charge in [-0.25, -0.2) is 0 Å². The van der Waals surface area contributed by atoms with Crippen LogP contribution in [0.25, 0.3) is 0 Å². The molecule has 2 fully saturated rings. The average Bonchev–Trinajstić information content (AvgIpc) is 3.01. The van der Waals surface area contributed by atoms with E-state index in [0.717, 1.165) is 32.1 Å². The van der Waals surface area contributed by atoms with Crippen LogP contribution in [0.15, 0.2) is 0 Å². The van der Waals surface area contributed by atoms with Crippen LogP contribution in [0.5, 0.6) is 0 Å². The first-order valence-corrected chi connectivity index (χ1v) is 5.92. The monoisotopic (exact) mass is 212 g/mol. The van der Waals surface area contributed by atoms with Crippen LogP contribution >= 0.6 is 0 Å². The van der Waals surface area contributed by atoms with Gasteiger partial charge in [-0.1, -0.05) is 6.92 Å². The van der Waals surface area contributed by atoms with Crippen molar-refractivity contribution in [2.45, 2.75) is 38.3 Å². The first kappa shape index (κ1) is 10.9. The van der Waals surface area contributed by atoms with E-state index >= 15 is 0 Å². The Kier molecular flexibility index (Phi) is 3.26. The fourth-order valence-corrected chi connectivity index (χ4v) is 2.51. The highest BCUT2D eigenvalue weighted by molar-refractivity contribution is 5.71. The first-order valence-electron chi connectivity index (χ1n) is 5.92. The summed E-state index contributed by atoms with van der Waals surface area (Å²) in [5, 5.41) is 12.4. The molecule has 86 valence electrons. The number of carboxylic acids is 1. The van der Waals surface area contributed by atoms with E-state index in [9.17, 15) is 4.79 Å². The zero-order valence-corrected chi connectivity index (χ0v) is 9.28. The van der Waals surface area contributed by atoms with Gasteiger partial charge in [-0.15, -0.1) is 0 Å². The molecule has 1 saturated carbocycles. The summed E-state index contributed by atoms with van der Waals surface area (Å²) in [6.45, 7) is 4.76. The van der Waals surface area contributed by atoms with Crippen LogP contribution in [0, 0.1) is 5.92 Å². The van der Waals surface area contributed by atoms with Crippen molar-refractivity contribution < 1.29 is 9.90 Å². The lowest BCUT2D eigenvalue weighted by molar-refractivity contribution is -0.144. The first-order chi connectivity index (χ1) is 7.22. The molecule has 0 aromatic rings. The Hall–Kier alpha value is -0.610. The van der Waals surface area contributed by atoms with Crippen LogP contribution < -0.4 is 5.32 Å². The maximum Gasteiger partial charge on any atom is 0.308 e. The molecule has 4 heteroatoms. The minimum Gasteiger partial charge on any atom is -0.481 e. The minimum atomic E-state index is -0.642.